The molecule has 0 aliphatic heterocycles. The molecule has 1 aromatic rings. The summed E-state index contributed by atoms with van der Waals surface area (Å²) in [5.74, 6) is 0. The van der Waals surface area contributed by atoms with E-state index in [0.29, 0.717) is 5.69 Å². The number of hydrogen-bond acceptors (Lipinski definition) is 3. The van der Waals surface area contributed by atoms with E-state index in [1.165, 1.54) is 17.8 Å². The maximum absolute atomic E-state index is 10.6. The SMILES string of the molecule is Cc1nn(C)cc1S(=O)(=O)O.Cl. The highest BCUT2D eigenvalue weighted by Gasteiger charge is 2.15. The van der Waals surface area contributed by atoms with E-state index in [2.05, 4.69) is 5.10 Å². The molecule has 0 fully saturated rings. The average Bonchev–Trinajstić information content (AvgIpc) is 2.08. The molecule has 0 unspecified atom stereocenters. The van der Waals surface area contributed by atoms with Gasteiger partial charge >= 0.3 is 0 Å². The number of aromatic nitrogens is 2. The fourth-order valence-corrected chi connectivity index (χ4v) is 1.53. The van der Waals surface area contributed by atoms with Crippen LogP contribution in [0.4, 0.5) is 0 Å². The minimum Gasteiger partial charge on any atom is -0.282 e. The van der Waals surface area contributed by atoms with E-state index >= 15 is 0 Å². The van der Waals surface area contributed by atoms with Crippen molar-refractivity contribution in [2.75, 3.05) is 0 Å². The van der Waals surface area contributed by atoms with Gasteiger partial charge in [0.2, 0.25) is 0 Å². The van der Waals surface area contributed by atoms with Crippen LogP contribution >= 0.6 is 12.4 Å². The lowest BCUT2D eigenvalue weighted by atomic mass is 10.5. The summed E-state index contributed by atoms with van der Waals surface area (Å²) < 4.78 is 31.1. The molecule has 1 rings (SSSR count). The second-order valence-corrected chi connectivity index (χ2v) is 3.62. The fraction of sp³-hybridized carbons (Fsp3) is 0.400. The highest BCUT2D eigenvalue weighted by atomic mass is 35.5. The second-order valence-electron chi connectivity index (χ2n) is 2.23. The first-order valence-electron chi connectivity index (χ1n) is 2.89. The largest absolute Gasteiger partial charge is 0.297 e. The second kappa shape index (κ2) is 3.42. The van der Waals surface area contributed by atoms with Crippen molar-refractivity contribution < 1.29 is 13.0 Å². The van der Waals surface area contributed by atoms with Crippen LogP contribution in [0.2, 0.25) is 0 Å². The minimum absolute atomic E-state index is 0. The molecule has 12 heavy (non-hydrogen) atoms. The van der Waals surface area contributed by atoms with Crippen LogP contribution in [0, 0.1) is 6.92 Å². The van der Waals surface area contributed by atoms with Gasteiger partial charge in [0.15, 0.2) is 0 Å². The molecule has 0 bridgehead atoms. The third-order valence-corrected chi connectivity index (χ3v) is 2.20. The highest BCUT2D eigenvalue weighted by molar-refractivity contribution is 7.85. The summed E-state index contributed by atoms with van der Waals surface area (Å²) in [5.41, 5.74) is 0.301. The van der Waals surface area contributed by atoms with Gasteiger partial charge in [0, 0.05) is 13.2 Å². The van der Waals surface area contributed by atoms with Crippen LogP contribution < -0.4 is 0 Å². The third-order valence-electron chi connectivity index (χ3n) is 1.25. The monoisotopic (exact) mass is 212 g/mol. The van der Waals surface area contributed by atoms with Crippen molar-refractivity contribution >= 4 is 22.5 Å². The van der Waals surface area contributed by atoms with Gasteiger partial charge in [-0.05, 0) is 6.92 Å². The van der Waals surface area contributed by atoms with Crippen LogP contribution in [0.1, 0.15) is 5.69 Å². The maximum atomic E-state index is 10.6. The molecule has 0 amide bonds. The molecule has 0 atom stereocenters. The normalized spacial score (nSPS) is 10.9. The number of aryl methyl sites for hydroxylation is 2. The van der Waals surface area contributed by atoms with Gasteiger partial charge in [0.05, 0.1) is 5.69 Å². The predicted octanol–water partition coefficient (Wildman–Crippen LogP) is 0.397. The first kappa shape index (κ1) is 11.4. The summed E-state index contributed by atoms with van der Waals surface area (Å²) in [6.45, 7) is 1.52. The smallest absolute Gasteiger partial charge is 0.282 e. The molecule has 0 spiro atoms. The molecule has 0 aliphatic rings. The van der Waals surface area contributed by atoms with Crippen molar-refractivity contribution in [2.24, 2.45) is 7.05 Å². The molecule has 1 N–H and O–H groups in total. The molecular formula is C5H9ClN2O3S. The lowest BCUT2D eigenvalue weighted by Crippen LogP contribution is -1.97. The van der Waals surface area contributed by atoms with Crippen molar-refractivity contribution in [2.45, 2.75) is 11.8 Å². The molecule has 1 aromatic heterocycles. The van der Waals surface area contributed by atoms with Gasteiger partial charge < -0.3 is 0 Å². The number of hydrogen-bond donors (Lipinski definition) is 1. The van der Waals surface area contributed by atoms with Crippen LogP contribution in [0.25, 0.3) is 0 Å². The first-order chi connectivity index (χ1) is 4.91. The van der Waals surface area contributed by atoms with Gasteiger partial charge in [0.1, 0.15) is 4.90 Å². The van der Waals surface area contributed by atoms with Crippen LogP contribution in [-0.4, -0.2) is 22.8 Å². The number of rotatable bonds is 1. The van der Waals surface area contributed by atoms with Gasteiger partial charge in [0.25, 0.3) is 10.1 Å². The topological polar surface area (TPSA) is 72.2 Å². The molecule has 0 saturated heterocycles. The third kappa shape index (κ3) is 2.20. The summed E-state index contributed by atoms with van der Waals surface area (Å²) in [4.78, 5) is -0.139. The highest BCUT2D eigenvalue weighted by Crippen LogP contribution is 2.10. The van der Waals surface area contributed by atoms with Gasteiger partial charge in [-0.2, -0.15) is 13.5 Å². The Balaban J connectivity index is 0.00000121. The summed E-state index contributed by atoms with van der Waals surface area (Å²) in [7, 11) is -2.51. The molecule has 70 valence electrons. The van der Waals surface area contributed by atoms with Crippen molar-refractivity contribution in [1.29, 1.82) is 0 Å². The Bertz CT molecular complexity index is 370. The Morgan fingerprint density at radius 3 is 2.25 bits per heavy atom. The minimum atomic E-state index is -4.10. The summed E-state index contributed by atoms with van der Waals surface area (Å²) in [6.07, 6.45) is 1.25. The van der Waals surface area contributed by atoms with E-state index < -0.39 is 10.1 Å². The Kier molecular flexibility index (Phi) is 3.25. The van der Waals surface area contributed by atoms with E-state index in [0.717, 1.165) is 0 Å². The van der Waals surface area contributed by atoms with Crippen LogP contribution in [0.5, 0.6) is 0 Å². The van der Waals surface area contributed by atoms with E-state index in [-0.39, 0.29) is 17.3 Å². The van der Waals surface area contributed by atoms with Gasteiger partial charge in [-0.15, -0.1) is 12.4 Å². The zero-order chi connectivity index (χ0) is 8.65. The predicted molar refractivity (Wildman–Crippen MR) is 45.0 cm³/mol. The Hall–Kier alpha value is -0.590. The van der Waals surface area contributed by atoms with Crippen molar-refractivity contribution in [3.8, 4) is 0 Å². The van der Waals surface area contributed by atoms with Crippen LogP contribution in [0.15, 0.2) is 11.1 Å². The lowest BCUT2D eigenvalue weighted by Gasteiger charge is -1.89. The van der Waals surface area contributed by atoms with Crippen molar-refractivity contribution in [1.82, 2.24) is 9.78 Å². The van der Waals surface area contributed by atoms with Crippen molar-refractivity contribution in [3.63, 3.8) is 0 Å². The van der Waals surface area contributed by atoms with Gasteiger partial charge in [-0.1, -0.05) is 0 Å². The molecule has 0 radical (unpaired) electrons. The van der Waals surface area contributed by atoms with E-state index in [1.807, 2.05) is 0 Å². The Morgan fingerprint density at radius 2 is 2.08 bits per heavy atom. The maximum Gasteiger partial charge on any atom is 0.297 e. The van der Waals surface area contributed by atoms with E-state index in [9.17, 15) is 8.42 Å². The Morgan fingerprint density at radius 1 is 1.58 bits per heavy atom. The van der Waals surface area contributed by atoms with Gasteiger partial charge in [-0.3, -0.25) is 9.23 Å². The zero-order valence-corrected chi connectivity index (χ0v) is 8.18. The molecule has 7 heteroatoms. The molecule has 1 heterocycles. The van der Waals surface area contributed by atoms with Gasteiger partial charge in [-0.25, -0.2) is 0 Å². The van der Waals surface area contributed by atoms with E-state index in [4.69, 9.17) is 4.55 Å². The molecule has 0 aromatic carbocycles. The summed E-state index contributed by atoms with van der Waals surface area (Å²) in [6, 6.07) is 0. The quantitative estimate of drug-likeness (QED) is 0.684. The standard InChI is InChI=1S/C5H8N2O3S.ClH/c1-4-5(11(8,9)10)3-7(2)6-4;/h3H,1-2H3,(H,8,9,10);1H. The summed E-state index contributed by atoms with van der Waals surface area (Å²) >= 11 is 0. The first-order valence-corrected chi connectivity index (χ1v) is 4.33. The molecule has 0 saturated carbocycles. The zero-order valence-electron chi connectivity index (χ0n) is 6.55. The molecule has 0 aliphatic carbocycles. The fourth-order valence-electron chi connectivity index (χ4n) is 0.831. The Labute approximate surface area is 76.6 Å². The number of halogens is 1. The number of nitrogens with zero attached hydrogens (tertiary/aromatic N) is 2. The molecular weight excluding hydrogens is 204 g/mol. The average molecular weight is 213 g/mol. The molecule has 5 nitrogen and oxygen atoms in total. The van der Waals surface area contributed by atoms with Crippen molar-refractivity contribution in [3.05, 3.63) is 11.9 Å². The lowest BCUT2D eigenvalue weighted by molar-refractivity contribution is 0.482. The van der Waals surface area contributed by atoms with E-state index in [1.54, 1.807) is 7.05 Å². The van der Waals surface area contributed by atoms with Crippen LogP contribution in [0.3, 0.4) is 0 Å². The van der Waals surface area contributed by atoms with Crippen LogP contribution in [-0.2, 0) is 17.2 Å². The summed E-state index contributed by atoms with van der Waals surface area (Å²) in [5, 5.41) is 3.76.